The van der Waals surface area contributed by atoms with Crippen molar-refractivity contribution in [2.75, 3.05) is 0 Å². The van der Waals surface area contributed by atoms with Gasteiger partial charge in [0.1, 0.15) is 0 Å². The Bertz CT molecular complexity index is 751. The van der Waals surface area contributed by atoms with Gasteiger partial charge >= 0.3 is 0 Å². The van der Waals surface area contributed by atoms with Crippen molar-refractivity contribution in [1.82, 2.24) is 5.32 Å². The third kappa shape index (κ3) is 1.37. The topological polar surface area (TPSA) is 12.0 Å². The molecule has 0 radical (unpaired) electrons. The Morgan fingerprint density at radius 3 is 3.10 bits per heavy atom. The minimum absolute atomic E-state index is 0.0544. The van der Waals surface area contributed by atoms with E-state index in [0.717, 1.165) is 12.8 Å². The van der Waals surface area contributed by atoms with E-state index in [4.69, 9.17) is 0 Å². The zero-order valence-electron chi connectivity index (χ0n) is 12.3. The molecule has 1 heteroatoms. The number of fused-ring (bicyclic) bond motifs is 8. The van der Waals surface area contributed by atoms with E-state index in [1.807, 2.05) is 0 Å². The molecule has 1 fully saturated rings. The molecule has 5 aliphatic rings. The first-order valence-electron chi connectivity index (χ1n) is 7.93. The van der Waals surface area contributed by atoms with Crippen molar-refractivity contribution in [3.05, 3.63) is 82.7 Å². The van der Waals surface area contributed by atoms with E-state index >= 15 is 0 Å². The summed E-state index contributed by atoms with van der Waals surface area (Å²) in [6, 6.07) is 0. The summed E-state index contributed by atoms with van der Waals surface area (Å²) in [6.45, 7) is 2.38. The molecule has 0 spiro atoms. The lowest BCUT2D eigenvalue weighted by Gasteiger charge is -2.44. The van der Waals surface area contributed by atoms with Gasteiger partial charge in [-0.25, -0.2) is 0 Å². The molecule has 3 atom stereocenters. The van der Waals surface area contributed by atoms with Crippen molar-refractivity contribution < 1.29 is 0 Å². The fourth-order valence-electron chi connectivity index (χ4n) is 4.74. The molecule has 0 saturated carbocycles. The Labute approximate surface area is 125 Å². The molecule has 3 aliphatic carbocycles. The molecule has 0 amide bonds. The average Bonchev–Trinajstić information content (AvgIpc) is 2.77. The Morgan fingerprint density at radius 2 is 2.14 bits per heavy atom. The van der Waals surface area contributed by atoms with Crippen molar-refractivity contribution in [2.45, 2.75) is 25.3 Å². The Kier molecular flexibility index (Phi) is 2.10. The second-order valence-corrected chi connectivity index (χ2v) is 6.78. The van der Waals surface area contributed by atoms with Crippen molar-refractivity contribution in [1.29, 1.82) is 0 Å². The monoisotopic (exact) mass is 273 g/mol. The molecule has 1 nitrogen and oxygen atoms in total. The quantitative estimate of drug-likeness (QED) is 0.700. The first-order chi connectivity index (χ1) is 10.3. The maximum atomic E-state index is 3.84. The van der Waals surface area contributed by atoms with Crippen LogP contribution in [0, 0.1) is 11.8 Å². The lowest BCUT2D eigenvalue weighted by atomic mass is 9.67. The smallest absolute Gasteiger partial charge is 0.0667 e. The highest BCUT2D eigenvalue weighted by molar-refractivity contribution is 5.61. The van der Waals surface area contributed by atoms with Gasteiger partial charge in [0.15, 0.2) is 0 Å². The molecule has 21 heavy (non-hydrogen) atoms. The van der Waals surface area contributed by atoms with E-state index in [9.17, 15) is 0 Å². The number of hydrogen-bond donors (Lipinski definition) is 1. The molecule has 0 aromatic carbocycles. The highest BCUT2D eigenvalue weighted by atomic mass is 15.0. The van der Waals surface area contributed by atoms with E-state index in [1.54, 1.807) is 11.1 Å². The molecule has 1 N–H and O–H groups in total. The summed E-state index contributed by atoms with van der Waals surface area (Å²) < 4.78 is 0. The standard InChI is InChI=1S/C20H19N/c1-20-17-9-5-4-8-15(17)19(21-20)12-16-14-7-3-2-6-13(14)10-11-18(16)20/h2,4-11,16-17,21H,3,12H2,1H3. The summed E-state index contributed by atoms with van der Waals surface area (Å²) in [7, 11) is 0. The normalized spacial score (nSPS) is 38.0. The van der Waals surface area contributed by atoms with Gasteiger partial charge in [0.2, 0.25) is 0 Å². The predicted molar refractivity (Wildman–Crippen MR) is 86.4 cm³/mol. The third-order valence-electron chi connectivity index (χ3n) is 5.71. The fourth-order valence-corrected chi connectivity index (χ4v) is 4.74. The number of rotatable bonds is 0. The minimum atomic E-state index is 0.0544. The van der Waals surface area contributed by atoms with Crippen LogP contribution in [0.1, 0.15) is 19.8 Å². The first-order valence-corrected chi connectivity index (χ1v) is 7.93. The van der Waals surface area contributed by atoms with Crippen LogP contribution >= 0.6 is 0 Å². The lowest BCUT2D eigenvalue weighted by molar-refractivity contribution is 0.355. The second-order valence-electron chi connectivity index (χ2n) is 6.78. The second kappa shape index (κ2) is 3.79. The Balaban J connectivity index is 1.70. The predicted octanol–water partition coefficient (Wildman–Crippen LogP) is 4.12. The van der Waals surface area contributed by atoms with Crippen molar-refractivity contribution in [2.24, 2.45) is 11.8 Å². The van der Waals surface area contributed by atoms with Gasteiger partial charge in [-0.15, -0.1) is 0 Å². The van der Waals surface area contributed by atoms with Gasteiger partial charge in [-0.05, 0) is 42.1 Å². The summed E-state index contributed by atoms with van der Waals surface area (Å²) in [5.41, 5.74) is 7.55. The molecule has 104 valence electrons. The molecule has 0 aromatic heterocycles. The van der Waals surface area contributed by atoms with E-state index in [0.29, 0.717) is 11.8 Å². The summed E-state index contributed by atoms with van der Waals surface area (Å²) in [5, 5.41) is 3.84. The van der Waals surface area contributed by atoms with Crippen LogP contribution < -0.4 is 5.32 Å². The van der Waals surface area contributed by atoms with Crippen LogP contribution in [0.15, 0.2) is 82.7 Å². The molecule has 2 bridgehead atoms. The molecule has 1 saturated heterocycles. The van der Waals surface area contributed by atoms with Crippen LogP contribution in [0.5, 0.6) is 0 Å². The van der Waals surface area contributed by atoms with Crippen molar-refractivity contribution in [3.8, 4) is 0 Å². The Hall–Kier alpha value is -2.02. The first kappa shape index (κ1) is 11.6. The zero-order valence-corrected chi connectivity index (χ0v) is 12.3. The summed E-state index contributed by atoms with van der Waals surface area (Å²) in [6.07, 6.45) is 22.9. The fraction of sp³-hybridized carbons (Fsp3) is 0.300. The van der Waals surface area contributed by atoms with Crippen LogP contribution in [0.2, 0.25) is 0 Å². The SMILES string of the molecule is CC12NC(=C3C=CC=CC31)CC1C3=CCC=CC3=CC=C12. The summed E-state index contributed by atoms with van der Waals surface area (Å²) in [5.74, 6) is 1.06. The largest absolute Gasteiger partial charge is 0.378 e. The van der Waals surface area contributed by atoms with Gasteiger partial charge in [-0.2, -0.15) is 0 Å². The van der Waals surface area contributed by atoms with Crippen molar-refractivity contribution in [3.63, 3.8) is 0 Å². The van der Waals surface area contributed by atoms with E-state index in [2.05, 4.69) is 66.9 Å². The van der Waals surface area contributed by atoms with Crippen LogP contribution in [-0.2, 0) is 0 Å². The maximum absolute atomic E-state index is 3.84. The number of nitrogens with one attached hydrogen (secondary N) is 1. The molecular formula is C20H19N. The summed E-state index contributed by atoms with van der Waals surface area (Å²) in [4.78, 5) is 0. The Morgan fingerprint density at radius 1 is 1.19 bits per heavy atom. The van der Waals surface area contributed by atoms with E-state index in [1.165, 1.54) is 16.8 Å². The average molecular weight is 273 g/mol. The van der Waals surface area contributed by atoms with Crippen molar-refractivity contribution >= 4 is 0 Å². The van der Waals surface area contributed by atoms with E-state index < -0.39 is 0 Å². The highest BCUT2D eigenvalue weighted by Crippen LogP contribution is 2.54. The molecule has 3 unspecified atom stereocenters. The third-order valence-corrected chi connectivity index (χ3v) is 5.71. The zero-order chi connectivity index (χ0) is 14.0. The number of allylic oxidation sites excluding steroid dienone is 11. The lowest BCUT2D eigenvalue weighted by Crippen LogP contribution is -2.50. The van der Waals surface area contributed by atoms with Gasteiger partial charge in [-0.1, -0.05) is 54.7 Å². The van der Waals surface area contributed by atoms with Gasteiger partial charge in [0.05, 0.1) is 5.54 Å². The number of piperidine rings is 1. The molecule has 2 aliphatic heterocycles. The van der Waals surface area contributed by atoms with Crippen LogP contribution in [0.25, 0.3) is 0 Å². The van der Waals surface area contributed by atoms with Crippen LogP contribution in [-0.4, -0.2) is 5.54 Å². The van der Waals surface area contributed by atoms with Crippen LogP contribution in [0.4, 0.5) is 0 Å². The molecule has 0 aromatic rings. The van der Waals surface area contributed by atoms with Gasteiger partial charge in [-0.3, -0.25) is 0 Å². The van der Waals surface area contributed by atoms with Gasteiger partial charge in [0, 0.05) is 17.5 Å². The minimum Gasteiger partial charge on any atom is -0.378 e. The molecule has 2 heterocycles. The molecule has 5 rings (SSSR count). The summed E-state index contributed by atoms with van der Waals surface area (Å²) >= 11 is 0. The molecular weight excluding hydrogens is 254 g/mol. The maximum Gasteiger partial charge on any atom is 0.0667 e. The number of hydrogen-bond acceptors (Lipinski definition) is 1. The highest BCUT2D eigenvalue weighted by Gasteiger charge is 2.51. The van der Waals surface area contributed by atoms with Crippen LogP contribution in [0.3, 0.4) is 0 Å². The van der Waals surface area contributed by atoms with Gasteiger partial charge < -0.3 is 5.32 Å². The van der Waals surface area contributed by atoms with Gasteiger partial charge in [0.25, 0.3) is 0 Å². The van der Waals surface area contributed by atoms with E-state index in [-0.39, 0.29) is 5.54 Å².